The largest absolute Gasteiger partial charge is 0.481 e. The van der Waals surface area contributed by atoms with Gasteiger partial charge in [-0.05, 0) is 35.1 Å². The Bertz CT molecular complexity index is 817. The van der Waals surface area contributed by atoms with E-state index in [-0.39, 0.29) is 18.6 Å². The Morgan fingerprint density at radius 3 is 2.19 bits per heavy atom. The molecule has 0 radical (unpaired) electrons. The number of hydrogen-bond acceptors (Lipinski definition) is 3. The summed E-state index contributed by atoms with van der Waals surface area (Å²) in [5.74, 6) is -1.37. The highest BCUT2D eigenvalue weighted by molar-refractivity contribution is 5.79. The zero-order chi connectivity index (χ0) is 18.8. The highest BCUT2D eigenvalue weighted by atomic mass is 16.5. The average Bonchev–Trinajstić information content (AvgIpc) is 3.00. The summed E-state index contributed by atoms with van der Waals surface area (Å²) in [5, 5.41) is 12.1. The van der Waals surface area contributed by atoms with Crippen LogP contribution in [0.3, 0.4) is 0 Å². The predicted octanol–water partition coefficient (Wildman–Crippen LogP) is 4.17. The molecule has 0 unspecified atom stereocenters. The lowest BCUT2D eigenvalue weighted by molar-refractivity contribution is -0.143. The first kappa shape index (κ1) is 17.6. The molecule has 140 valence electrons. The fourth-order valence-electron chi connectivity index (χ4n) is 4.39. The van der Waals surface area contributed by atoms with Crippen LogP contribution in [0.4, 0.5) is 4.79 Å². The number of carboxylic acid groups (broad SMARTS) is 1. The highest BCUT2D eigenvalue weighted by Crippen LogP contribution is 2.44. The molecule has 0 spiro atoms. The average molecular weight is 365 g/mol. The van der Waals surface area contributed by atoms with Crippen LogP contribution in [0.25, 0.3) is 11.1 Å². The molecule has 2 aliphatic rings. The summed E-state index contributed by atoms with van der Waals surface area (Å²) in [7, 11) is 0. The number of rotatable bonds is 4. The van der Waals surface area contributed by atoms with Gasteiger partial charge in [0.2, 0.25) is 0 Å². The predicted molar refractivity (Wildman–Crippen MR) is 102 cm³/mol. The molecule has 4 rings (SSSR count). The molecule has 2 N–H and O–H groups in total. The molecular formula is C22H23NO4. The number of carbonyl (C=O) groups is 2. The van der Waals surface area contributed by atoms with E-state index in [0.717, 1.165) is 24.0 Å². The number of carboxylic acids is 1. The second-order valence-electron chi connectivity index (χ2n) is 7.31. The van der Waals surface area contributed by atoms with E-state index in [1.54, 1.807) is 0 Å². The first-order valence-corrected chi connectivity index (χ1v) is 9.49. The van der Waals surface area contributed by atoms with Gasteiger partial charge in [0.05, 0.1) is 5.92 Å². The second kappa shape index (κ2) is 7.43. The first-order chi connectivity index (χ1) is 13.1. The third-order valence-electron chi connectivity index (χ3n) is 5.73. The Morgan fingerprint density at radius 2 is 1.56 bits per heavy atom. The van der Waals surface area contributed by atoms with Crippen LogP contribution in [-0.4, -0.2) is 29.8 Å². The summed E-state index contributed by atoms with van der Waals surface area (Å²) < 4.78 is 5.53. The Morgan fingerprint density at radius 1 is 0.963 bits per heavy atom. The molecule has 0 heterocycles. The van der Waals surface area contributed by atoms with Gasteiger partial charge in [-0.15, -0.1) is 0 Å². The first-order valence-electron chi connectivity index (χ1n) is 9.49. The summed E-state index contributed by atoms with van der Waals surface area (Å²) in [6, 6.07) is 16.0. The normalized spacial score (nSPS) is 21.2. The van der Waals surface area contributed by atoms with Crippen molar-refractivity contribution in [3.8, 4) is 11.1 Å². The van der Waals surface area contributed by atoms with Crippen LogP contribution in [-0.2, 0) is 9.53 Å². The van der Waals surface area contributed by atoms with Crippen LogP contribution in [0.15, 0.2) is 48.5 Å². The van der Waals surface area contributed by atoms with Gasteiger partial charge in [0.25, 0.3) is 0 Å². The minimum absolute atomic E-state index is 0.00442. The van der Waals surface area contributed by atoms with Crippen molar-refractivity contribution >= 4 is 12.1 Å². The molecule has 2 atom stereocenters. The van der Waals surface area contributed by atoms with Crippen LogP contribution >= 0.6 is 0 Å². The molecule has 0 aliphatic heterocycles. The molecule has 2 aromatic rings. The number of ether oxygens (including phenoxy) is 1. The van der Waals surface area contributed by atoms with E-state index in [4.69, 9.17) is 4.74 Å². The van der Waals surface area contributed by atoms with Gasteiger partial charge in [-0.3, -0.25) is 4.79 Å². The molecular weight excluding hydrogens is 342 g/mol. The van der Waals surface area contributed by atoms with Crippen LogP contribution in [0.2, 0.25) is 0 Å². The highest BCUT2D eigenvalue weighted by Gasteiger charge is 2.33. The van der Waals surface area contributed by atoms with E-state index in [1.165, 1.54) is 11.1 Å². The lowest BCUT2D eigenvalue weighted by Gasteiger charge is -2.29. The topological polar surface area (TPSA) is 75.6 Å². The van der Waals surface area contributed by atoms with Crippen molar-refractivity contribution in [2.45, 2.75) is 37.6 Å². The molecule has 0 bridgehead atoms. The number of nitrogens with one attached hydrogen (secondary N) is 1. The molecule has 2 aromatic carbocycles. The fraction of sp³-hybridized carbons (Fsp3) is 0.364. The number of amides is 1. The Hall–Kier alpha value is -2.82. The molecule has 1 fully saturated rings. The molecule has 0 aromatic heterocycles. The maximum atomic E-state index is 12.3. The number of alkyl carbamates (subject to hydrolysis) is 1. The Balaban J connectivity index is 1.44. The van der Waals surface area contributed by atoms with Gasteiger partial charge in [-0.2, -0.15) is 0 Å². The third-order valence-corrected chi connectivity index (χ3v) is 5.73. The lowest BCUT2D eigenvalue weighted by atomic mass is 9.84. The molecule has 5 heteroatoms. The van der Waals surface area contributed by atoms with Gasteiger partial charge in [0.1, 0.15) is 6.61 Å². The zero-order valence-corrected chi connectivity index (χ0v) is 15.1. The van der Waals surface area contributed by atoms with Gasteiger partial charge in [-0.1, -0.05) is 61.4 Å². The van der Waals surface area contributed by atoms with Crippen LogP contribution in [0.1, 0.15) is 42.7 Å². The van der Waals surface area contributed by atoms with E-state index in [2.05, 4.69) is 29.6 Å². The molecule has 1 saturated carbocycles. The number of hydrogen-bond donors (Lipinski definition) is 2. The summed E-state index contributed by atoms with van der Waals surface area (Å²) in [6.45, 7) is 0.240. The number of aliphatic carboxylic acids is 1. The second-order valence-corrected chi connectivity index (χ2v) is 7.31. The summed E-state index contributed by atoms with van der Waals surface area (Å²) in [4.78, 5) is 23.7. The van der Waals surface area contributed by atoms with E-state index in [1.807, 2.05) is 24.3 Å². The van der Waals surface area contributed by atoms with Gasteiger partial charge < -0.3 is 15.2 Å². The molecule has 5 nitrogen and oxygen atoms in total. The van der Waals surface area contributed by atoms with Crippen LogP contribution in [0, 0.1) is 5.92 Å². The fourth-order valence-corrected chi connectivity index (χ4v) is 4.39. The third kappa shape index (κ3) is 3.42. The van der Waals surface area contributed by atoms with E-state index in [9.17, 15) is 14.7 Å². The van der Waals surface area contributed by atoms with E-state index < -0.39 is 18.0 Å². The van der Waals surface area contributed by atoms with E-state index >= 15 is 0 Å². The number of fused-ring (bicyclic) bond motifs is 3. The standard InChI is InChI=1S/C22H23NO4/c24-21(25)18-11-5-6-12-20(18)23-22(26)27-13-19-16-9-3-1-7-14(16)15-8-2-4-10-17(15)19/h1-4,7-10,18-20H,5-6,11-13H2,(H,23,26)(H,24,25)/t18-,20+/m0/s1. The summed E-state index contributed by atoms with van der Waals surface area (Å²) in [5.41, 5.74) is 4.68. The van der Waals surface area contributed by atoms with Gasteiger partial charge in [0, 0.05) is 12.0 Å². The molecule has 1 amide bonds. The van der Waals surface area contributed by atoms with E-state index in [0.29, 0.717) is 12.8 Å². The Kier molecular flexibility index (Phi) is 4.84. The van der Waals surface area contributed by atoms with Gasteiger partial charge in [-0.25, -0.2) is 4.79 Å². The van der Waals surface area contributed by atoms with Crippen molar-refractivity contribution in [3.05, 3.63) is 59.7 Å². The van der Waals surface area contributed by atoms with Crippen LogP contribution in [0.5, 0.6) is 0 Å². The van der Waals surface area contributed by atoms with Gasteiger partial charge in [0.15, 0.2) is 0 Å². The molecule has 2 aliphatic carbocycles. The van der Waals surface area contributed by atoms with Crippen molar-refractivity contribution in [1.82, 2.24) is 5.32 Å². The van der Waals surface area contributed by atoms with Crippen molar-refractivity contribution in [2.75, 3.05) is 6.61 Å². The van der Waals surface area contributed by atoms with Crippen molar-refractivity contribution < 1.29 is 19.4 Å². The van der Waals surface area contributed by atoms with Crippen molar-refractivity contribution in [1.29, 1.82) is 0 Å². The molecule has 27 heavy (non-hydrogen) atoms. The smallest absolute Gasteiger partial charge is 0.407 e. The maximum absolute atomic E-state index is 12.3. The monoisotopic (exact) mass is 365 g/mol. The van der Waals surface area contributed by atoms with Crippen molar-refractivity contribution in [2.24, 2.45) is 5.92 Å². The zero-order valence-electron chi connectivity index (χ0n) is 15.1. The number of carbonyl (C=O) groups excluding carboxylic acids is 1. The lowest BCUT2D eigenvalue weighted by Crippen LogP contribution is -2.45. The SMILES string of the molecule is O=C(N[C@@H]1CCCC[C@@H]1C(=O)O)OCC1c2ccccc2-c2ccccc21. The van der Waals surface area contributed by atoms with Gasteiger partial charge >= 0.3 is 12.1 Å². The minimum atomic E-state index is -0.848. The van der Waals surface area contributed by atoms with Crippen molar-refractivity contribution in [3.63, 3.8) is 0 Å². The molecule has 0 saturated heterocycles. The number of benzene rings is 2. The summed E-state index contributed by atoms with van der Waals surface area (Å²) in [6.07, 6.45) is 2.57. The Labute approximate surface area is 158 Å². The maximum Gasteiger partial charge on any atom is 0.407 e. The summed E-state index contributed by atoms with van der Waals surface area (Å²) >= 11 is 0. The quantitative estimate of drug-likeness (QED) is 0.853. The van der Waals surface area contributed by atoms with Crippen LogP contribution < -0.4 is 5.32 Å². The minimum Gasteiger partial charge on any atom is -0.481 e.